The maximum Gasteiger partial charge on any atom is 0.239 e. The molecule has 0 aliphatic carbocycles. The van der Waals surface area contributed by atoms with Crippen LogP contribution in [0.15, 0.2) is 0 Å². The average molecular weight is 185 g/mol. The van der Waals surface area contributed by atoms with Crippen LogP contribution in [0, 0.1) is 0 Å². The standard InChI is InChI=1S/C9H19N3O/c1-3-12-7-6-11(2)9(13)8(12)4-5-10/h8H,3-7,10H2,1-2H3. The number of nitrogens with two attached hydrogens (primary N) is 1. The molecule has 0 radical (unpaired) electrons. The summed E-state index contributed by atoms with van der Waals surface area (Å²) in [5, 5.41) is 0. The van der Waals surface area contributed by atoms with Gasteiger partial charge < -0.3 is 10.6 Å². The predicted octanol–water partition coefficient (Wildman–Crippen LogP) is -0.502. The van der Waals surface area contributed by atoms with Gasteiger partial charge >= 0.3 is 0 Å². The van der Waals surface area contributed by atoms with Gasteiger partial charge in [0.05, 0.1) is 6.04 Å². The van der Waals surface area contributed by atoms with Gasteiger partial charge in [-0.25, -0.2) is 0 Å². The van der Waals surface area contributed by atoms with Crippen LogP contribution in [0.5, 0.6) is 0 Å². The van der Waals surface area contributed by atoms with Gasteiger partial charge in [0.2, 0.25) is 5.91 Å². The first-order valence-corrected chi connectivity index (χ1v) is 4.89. The maximum absolute atomic E-state index is 11.7. The second-order valence-corrected chi connectivity index (χ2v) is 3.48. The molecule has 1 rings (SSSR count). The van der Waals surface area contributed by atoms with Crippen molar-refractivity contribution in [2.75, 3.05) is 33.2 Å². The number of rotatable bonds is 3. The lowest BCUT2D eigenvalue weighted by molar-refractivity contribution is -0.140. The second kappa shape index (κ2) is 4.58. The van der Waals surface area contributed by atoms with Gasteiger partial charge in [-0.1, -0.05) is 6.92 Å². The van der Waals surface area contributed by atoms with E-state index in [-0.39, 0.29) is 11.9 Å². The highest BCUT2D eigenvalue weighted by atomic mass is 16.2. The van der Waals surface area contributed by atoms with Crippen LogP contribution in [0.25, 0.3) is 0 Å². The molecule has 0 aromatic heterocycles. The number of likely N-dealkylation sites (N-methyl/N-ethyl adjacent to an activating group) is 2. The van der Waals surface area contributed by atoms with E-state index in [0.717, 1.165) is 26.1 Å². The summed E-state index contributed by atoms with van der Waals surface area (Å²) in [5.74, 6) is 0.221. The largest absolute Gasteiger partial charge is 0.343 e. The molecule has 2 N–H and O–H groups in total. The van der Waals surface area contributed by atoms with Crippen molar-refractivity contribution in [3.63, 3.8) is 0 Å². The van der Waals surface area contributed by atoms with Crippen molar-refractivity contribution in [3.8, 4) is 0 Å². The van der Waals surface area contributed by atoms with Gasteiger partial charge in [-0.2, -0.15) is 0 Å². The van der Waals surface area contributed by atoms with Crippen LogP contribution >= 0.6 is 0 Å². The number of carbonyl (C=O) groups is 1. The van der Waals surface area contributed by atoms with Gasteiger partial charge in [-0.3, -0.25) is 9.69 Å². The van der Waals surface area contributed by atoms with E-state index < -0.39 is 0 Å². The fourth-order valence-electron chi connectivity index (χ4n) is 1.80. The van der Waals surface area contributed by atoms with Gasteiger partial charge in [0.25, 0.3) is 0 Å². The number of carbonyl (C=O) groups excluding carboxylic acids is 1. The molecule has 0 saturated carbocycles. The van der Waals surface area contributed by atoms with Crippen LogP contribution in [-0.4, -0.2) is 55.0 Å². The molecule has 13 heavy (non-hydrogen) atoms. The summed E-state index contributed by atoms with van der Waals surface area (Å²) in [6.45, 7) is 5.42. The van der Waals surface area contributed by atoms with Crippen molar-refractivity contribution in [1.29, 1.82) is 0 Å². The van der Waals surface area contributed by atoms with Gasteiger partial charge in [0.1, 0.15) is 0 Å². The molecule has 1 amide bonds. The fourth-order valence-corrected chi connectivity index (χ4v) is 1.80. The molecule has 1 heterocycles. The van der Waals surface area contributed by atoms with Crippen molar-refractivity contribution in [1.82, 2.24) is 9.80 Å². The lowest BCUT2D eigenvalue weighted by Gasteiger charge is -2.38. The number of hydrogen-bond acceptors (Lipinski definition) is 3. The fraction of sp³-hybridized carbons (Fsp3) is 0.889. The molecule has 1 unspecified atom stereocenters. The molecule has 1 atom stereocenters. The van der Waals surface area contributed by atoms with Crippen molar-refractivity contribution in [3.05, 3.63) is 0 Å². The van der Waals surface area contributed by atoms with Gasteiger partial charge in [-0.15, -0.1) is 0 Å². The number of amides is 1. The maximum atomic E-state index is 11.7. The van der Waals surface area contributed by atoms with Gasteiger partial charge in [0.15, 0.2) is 0 Å². The summed E-state index contributed by atoms with van der Waals surface area (Å²) in [4.78, 5) is 15.7. The molecule has 1 aliphatic heterocycles. The lowest BCUT2D eigenvalue weighted by Crippen LogP contribution is -2.56. The normalized spacial score (nSPS) is 25.3. The SMILES string of the molecule is CCN1CCN(C)C(=O)C1CCN. The molecule has 1 saturated heterocycles. The minimum atomic E-state index is 0.0220. The van der Waals surface area contributed by atoms with Crippen molar-refractivity contribution in [2.24, 2.45) is 5.73 Å². The molecular weight excluding hydrogens is 166 g/mol. The Hall–Kier alpha value is -0.610. The summed E-state index contributed by atoms with van der Waals surface area (Å²) in [6, 6.07) is 0.0220. The Morgan fingerprint density at radius 3 is 2.77 bits per heavy atom. The Balaban J connectivity index is 2.63. The van der Waals surface area contributed by atoms with Crippen molar-refractivity contribution in [2.45, 2.75) is 19.4 Å². The molecule has 4 nitrogen and oxygen atoms in total. The number of piperazine rings is 1. The van der Waals surface area contributed by atoms with Crippen LogP contribution in [-0.2, 0) is 4.79 Å². The van der Waals surface area contributed by atoms with E-state index in [1.165, 1.54) is 0 Å². The minimum Gasteiger partial charge on any atom is -0.343 e. The van der Waals surface area contributed by atoms with E-state index in [0.29, 0.717) is 6.54 Å². The molecule has 4 heteroatoms. The second-order valence-electron chi connectivity index (χ2n) is 3.48. The smallest absolute Gasteiger partial charge is 0.239 e. The molecule has 1 fully saturated rings. The highest BCUT2D eigenvalue weighted by Crippen LogP contribution is 2.11. The highest BCUT2D eigenvalue weighted by molar-refractivity contribution is 5.82. The van der Waals surface area contributed by atoms with Crippen LogP contribution in [0.2, 0.25) is 0 Å². The van der Waals surface area contributed by atoms with E-state index in [1.54, 1.807) is 4.90 Å². The molecule has 0 aromatic carbocycles. The Kier molecular flexibility index (Phi) is 3.69. The van der Waals surface area contributed by atoms with Gasteiger partial charge in [-0.05, 0) is 19.5 Å². The molecule has 0 spiro atoms. The molecule has 76 valence electrons. The van der Waals surface area contributed by atoms with Crippen molar-refractivity contribution >= 4 is 5.91 Å². The van der Waals surface area contributed by atoms with Crippen LogP contribution in [0.3, 0.4) is 0 Å². The first-order valence-electron chi connectivity index (χ1n) is 4.89. The van der Waals surface area contributed by atoms with Crippen LogP contribution in [0.1, 0.15) is 13.3 Å². The van der Waals surface area contributed by atoms with E-state index in [1.807, 2.05) is 7.05 Å². The predicted molar refractivity (Wildman–Crippen MR) is 52.3 cm³/mol. The van der Waals surface area contributed by atoms with E-state index in [9.17, 15) is 4.79 Å². The molecular formula is C9H19N3O. The van der Waals surface area contributed by atoms with E-state index in [4.69, 9.17) is 5.73 Å². The van der Waals surface area contributed by atoms with Crippen molar-refractivity contribution < 1.29 is 4.79 Å². The topological polar surface area (TPSA) is 49.6 Å². The Bertz CT molecular complexity index is 184. The molecule has 0 aromatic rings. The zero-order valence-corrected chi connectivity index (χ0v) is 8.49. The molecule has 1 aliphatic rings. The Morgan fingerprint density at radius 2 is 2.23 bits per heavy atom. The number of nitrogens with zero attached hydrogens (tertiary/aromatic N) is 2. The monoisotopic (exact) mass is 185 g/mol. The first-order chi connectivity index (χ1) is 6.20. The van der Waals surface area contributed by atoms with Crippen LogP contribution in [0.4, 0.5) is 0 Å². The summed E-state index contributed by atoms with van der Waals surface area (Å²) >= 11 is 0. The Morgan fingerprint density at radius 1 is 1.54 bits per heavy atom. The third kappa shape index (κ3) is 2.19. The third-order valence-electron chi connectivity index (χ3n) is 2.67. The minimum absolute atomic E-state index is 0.0220. The van der Waals surface area contributed by atoms with E-state index in [2.05, 4.69) is 11.8 Å². The highest BCUT2D eigenvalue weighted by Gasteiger charge is 2.30. The van der Waals surface area contributed by atoms with Crippen LogP contribution < -0.4 is 5.73 Å². The summed E-state index contributed by atoms with van der Waals surface area (Å²) in [6.07, 6.45) is 0.775. The van der Waals surface area contributed by atoms with Gasteiger partial charge in [0, 0.05) is 20.1 Å². The summed E-state index contributed by atoms with van der Waals surface area (Å²) in [7, 11) is 1.86. The quantitative estimate of drug-likeness (QED) is 0.645. The Labute approximate surface area is 79.7 Å². The third-order valence-corrected chi connectivity index (χ3v) is 2.67. The first kappa shape index (κ1) is 10.5. The zero-order chi connectivity index (χ0) is 9.84. The summed E-state index contributed by atoms with van der Waals surface area (Å²) < 4.78 is 0. The average Bonchev–Trinajstić information content (AvgIpc) is 2.14. The van der Waals surface area contributed by atoms with E-state index >= 15 is 0 Å². The number of hydrogen-bond donors (Lipinski definition) is 1. The molecule has 0 bridgehead atoms. The summed E-state index contributed by atoms with van der Waals surface area (Å²) in [5.41, 5.74) is 5.49. The lowest BCUT2D eigenvalue weighted by atomic mass is 10.1. The zero-order valence-electron chi connectivity index (χ0n) is 8.49.